The molecule has 108 valence electrons. The van der Waals surface area contributed by atoms with Gasteiger partial charge >= 0.3 is 5.97 Å². The second-order valence-electron chi connectivity index (χ2n) is 5.52. The number of methoxy groups -OCH3 is 1. The summed E-state index contributed by atoms with van der Waals surface area (Å²) in [6.07, 6.45) is 1.47. The quantitative estimate of drug-likeness (QED) is 0.611. The lowest BCUT2D eigenvalue weighted by molar-refractivity contribution is -0.143. The molecule has 0 aromatic carbocycles. The normalized spacial score (nSPS) is 12.7. The Bertz CT molecular complexity index is 248. The van der Waals surface area contributed by atoms with E-state index in [2.05, 4.69) is 0 Å². The SMILES string of the molecule is COC(C)(C)CCOC(C)(C)CCOCC(=O)O. The first-order chi connectivity index (χ1) is 8.18. The molecular weight excluding hydrogens is 236 g/mol. The van der Waals surface area contributed by atoms with Gasteiger partial charge in [0.05, 0.1) is 24.4 Å². The van der Waals surface area contributed by atoms with Crippen molar-refractivity contribution >= 4 is 5.97 Å². The van der Waals surface area contributed by atoms with Gasteiger partial charge < -0.3 is 19.3 Å². The Morgan fingerprint density at radius 1 is 1.06 bits per heavy atom. The van der Waals surface area contributed by atoms with Crippen molar-refractivity contribution in [2.24, 2.45) is 0 Å². The highest BCUT2D eigenvalue weighted by Crippen LogP contribution is 2.18. The van der Waals surface area contributed by atoms with Crippen LogP contribution in [-0.2, 0) is 19.0 Å². The molecule has 0 saturated carbocycles. The van der Waals surface area contributed by atoms with Crippen molar-refractivity contribution in [3.8, 4) is 0 Å². The van der Waals surface area contributed by atoms with Crippen LogP contribution in [0.15, 0.2) is 0 Å². The number of carboxylic acid groups (broad SMARTS) is 1. The Labute approximate surface area is 109 Å². The average Bonchev–Trinajstić information content (AvgIpc) is 2.24. The molecule has 0 aliphatic carbocycles. The number of rotatable bonds is 10. The van der Waals surface area contributed by atoms with Crippen LogP contribution in [0.4, 0.5) is 0 Å². The summed E-state index contributed by atoms with van der Waals surface area (Å²) in [6.45, 7) is 8.69. The van der Waals surface area contributed by atoms with Crippen molar-refractivity contribution in [1.29, 1.82) is 0 Å². The molecule has 1 N–H and O–H groups in total. The molecule has 18 heavy (non-hydrogen) atoms. The minimum absolute atomic E-state index is 0.185. The van der Waals surface area contributed by atoms with E-state index in [1.165, 1.54) is 0 Å². The largest absolute Gasteiger partial charge is 0.480 e. The van der Waals surface area contributed by atoms with Gasteiger partial charge in [-0.3, -0.25) is 0 Å². The van der Waals surface area contributed by atoms with Gasteiger partial charge in [0.2, 0.25) is 0 Å². The minimum atomic E-state index is -0.949. The van der Waals surface area contributed by atoms with E-state index in [0.717, 1.165) is 6.42 Å². The van der Waals surface area contributed by atoms with Crippen molar-refractivity contribution in [1.82, 2.24) is 0 Å². The summed E-state index contributed by atoms with van der Waals surface area (Å²) in [4.78, 5) is 10.3. The lowest BCUT2D eigenvalue weighted by Crippen LogP contribution is -2.31. The van der Waals surface area contributed by atoms with Gasteiger partial charge in [-0.05, 0) is 40.5 Å². The highest BCUT2D eigenvalue weighted by Gasteiger charge is 2.21. The van der Waals surface area contributed by atoms with Crippen LogP contribution < -0.4 is 0 Å². The fourth-order valence-electron chi connectivity index (χ4n) is 1.22. The van der Waals surface area contributed by atoms with Gasteiger partial charge in [-0.15, -0.1) is 0 Å². The Hall–Kier alpha value is -0.650. The fourth-order valence-corrected chi connectivity index (χ4v) is 1.22. The molecule has 5 nitrogen and oxygen atoms in total. The second-order valence-corrected chi connectivity index (χ2v) is 5.52. The predicted octanol–water partition coefficient (Wildman–Crippen LogP) is 2.09. The molecule has 0 heterocycles. The van der Waals surface area contributed by atoms with E-state index in [0.29, 0.717) is 19.6 Å². The Kier molecular flexibility index (Phi) is 7.43. The molecule has 0 spiro atoms. The van der Waals surface area contributed by atoms with E-state index < -0.39 is 5.97 Å². The fraction of sp³-hybridized carbons (Fsp3) is 0.923. The van der Waals surface area contributed by atoms with Crippen LogP contribution in [0.3, 0.4) is 0 Å². The smallest absolute Gasteiger partial charge is 0.329 e. The number of carboxylic acids is 1. The van der Waals surface area contributed by atoms with Crippen LogP contribution in [0.5, 0.6) is 0 Å². The second kappa shape index (κ2) is 7.71. The lowest BCUT2D eigenvalue weighted by atomic mass is 10.0. The van der Waals surface area contributed by atoms with E-state index in [9.17, 15) is 4.79 Å². The predicted molar refractivity (Wildman–Crippen MR) is 68.8 cm³/mol. The zero-order valence-corrected chi connectivity index (χ0v) is 12.1. The van der Waals surface area contributed by atoms with Gasteiger partial charge in [0.25, 0.3) is 0 Å². The maximum Gasteiger partial charge on any atom is 0.329 e. The first kappa shape index (κ1) is 17.4. The maximum atomic E-state index is 10.3. The maximum absolute atomic E-state index is 10.3. The van der Waals surface area contributed by atoms with Gasteiger partial charge in [0.15, 0.2) is 0 Å². The van der Waals surface area contributed by atoms with E-state index >= 15 is 0 Å². The lowest BCUT2D eigenvalue weighted by Gasteiger charge is -2.28. The Balaban J connectivity index is 3.76. The van der Waals surface area contributed by atoms with Gasteiger partial charge in [-0.25, -0.2) is 4.79 Å². The number of hydrogen-bond donors (Lipinski definition) is 1. The summed E-state index contributed by atoms with van der Waals surface area (Å²) in [5.74, 6) is -0.949. The van der Waals surface area contributed by atoms with E-state index in [1.54, 1.807) is 7.11 Å². The van der Waals surface area contributed by atoms with Crippen LogP contribution in [0.25, 0.3) is 0 Å². The van der Waals surface area contributed by atoms with Crippen molar-refractivity contribution < 1.29 is 24.1 Å². The van der Waals surface area contributed by atoms with Crippen LogP contribution >= 0.6 is 0 Å². The molecule has 0 unspecified atom stereocenters. The van der Waals surface area contributed by atoms with Crippen LogP contribution in [0, 0.1) is 0 Å². The molecule has 5 heteroatoms. The molecule has 0 bridgehead atoms. The zero-order chi connectivity index (χ0) is 14.2. The van der Waals surface area contributed by atoms with Crippen LogP contribution in [0.2, 0.25) is 0 Å². The van der Waals surface area contributed by atoms with Crippen molar-refractivity contribution in [3.63, 3.8) is 0 Å². The molecule has 0 aliphatic rings. The van der Waals surface area contributed by atoms with E-state index in [-0.39, 0.29) is 17.8 Å². The van der Waals surface area contributed by atoms with Crippen molar-refractivity contribution in [2.75, 3.05) is 26.9 Å². The standard InChI is InChI=1S/C13H26O5/c1-12(2,16-5)7-9-18-13(3,4)6-8-17-10-11(14)15/h6-10H2,1-5H3,(H,14,15). The molecule has 0 fully saturated rings. The molecule has 0 aromatic heterocycles. The highest BCUT2D eigenvalue weighted by atomic mass is 16.5. The number of ether oxygens (including phenoxy) is 3. The number of aliphatic carboxylic acids is 1. The van der Waals surface area contributed by atoms with Crippen molar-refractivity contribution in [3.05, 3.63) is 0 Å². The third kappa shape index (κ3) is 9.39. The molecule has 0 amide bonds. The molecule has 0 aliphatic heterocycles. The van der Waals surface area contributed by atoms with Crippen LogP contribution in [0.1, 0.15) is 40.5 Å². The Morgan fingerprint density at radius 2 is 1.61 bits per heavy atom. The molecule has 0 saturated heterocycles. The first-order valence-corrected chi connectivity index (χ1v) is 6.17. The molecule has 0 aromatic rings. The number of hydrogen-bond acceptors (Lipinski definition) is 4. The summed E-state index contributed by atoms with van der Waals surface area (Å²) >= 11 is 0. The van der Waals surface area contributed by atoms with Crippen molar-refractivity contribution in [2.45, 2.75) is 51.7 Å². The van der Waals surface area contributed by atoms with Crippen LogP contribution in [-0.4, -0.2) is 49.2 Å². The monoisotopic (exact) mass is 262 g/mol. The first-order valence-electron chi connectivity index (χ1n) is 6.17. The zero-order valence-electron chi connectivity index (χ0n) is 12.1. The summed E-state index contributed by atoms with van der Waals surface area (Å²) in [5.41, 5.74) is -0.502. The number of carbonyl (C=O) groups is 1. The van der Waals surface area contributed by atoms with E-state index in [1.807, 2.05) is 27.7 Å². The molecular formula is C13H26O5. The summed E-state index contributed by atoms with van der Waals surface area (Å²) in [6, 6.07) is 0. The Morgan fingerprint density at radius 3 is 2.11 bits per heavy atom. The van der Waals surface area contributed by atoms with Gasteiger partial charge in [0.1, 0.15) is 6.61 Å². The molecule has 0 atom stereocenters. The van der Waals surface area contributed by atoms with E-state index in [4.69, 9.17) is 19.3 Å². The summed E-state index contributed by atoms with van der Waals surface area (Å²) in [5, 5.41) is 8.43. The topological polar surface area (TPSA) is 65.0 Å². The van der Waals surface area contributed by atoms with Gasteiger partial charge in [-0.1, -0.05) is 0 Å². The highest BCUT2D eigenvalue weighted by molar-refractivity contribution is 5.67. The molecule has 0 rings (SSSR count). The summed E-state index contributed by atoms with van der Waals surface area (Å²) < 4.78 is 16.1. The van der Waals surface area contributed by atoms with Gasteiger partial charge in [-0.2, -0.15) is 0 Å². The average molecular weight is 262 g/mol. The third-order valence-electron chi connectivity index (χ3n) is 2.82. The summed E-state index contributed by atoms with van der Waals surface area (Å²) in [7, 11) is 1.69. The third-order valence-corrected chi connectivity index (χ3v) is 2.82. The van der Waals surface area contributed by atoms with Gasteiger partial charge in [0, 0.05) is 7.11 Å². The minimum Gasteiger partial charge on any atom is -0.480 e. The molecule has 0 radical (unpaired) electrons.